The number of ether oxygens (including phenoxy) is 1. The Hall–Kier alpha value is -1.02. The summed E-state index contributed by atoms with van der Waals surface area (Å²) in [6.07, 6.45) is 7.57. The molecule has 0 aromatic heterocycles. The standard InChI is InChI=1S/C16H23NO/c1-12-6-7-13-14(17-2)11-16(18-15(13)10-12)8-4-3-5-9-16/h6-7,10,14,17H,3-5,8-9,11H2,1-2H3. The van der Waals surface area contributed by atoms with Gasteiger partial charge in [0.15, 0.2) is 0 Å². The van der Waals surface area contributed by atoms with E-state index in [0.717, 1.165) is 12.2 Å². The van der Waals surface area contributed by atoms with Gasteiger partial charge in [-0.2, -0.15) is 0 Å². The molecule has 1 aliphatic carbocycles. The summed E-state index contributed by atoms with van der Waals surface area (Å²) in [4.78, 5) is 0. The highest BCUT2D eigenvalue weighted by molar-refractivity contribution is 5.41. The van der Waals surface area contributed by atoms with Gasteiger partial charge in [0.25, 0.3) is 0 Å². The van der Waals surface area contributed by atoms with Crippen LogP contribution in [0, 0.1) is 6.92 Å². The van der Waals surface area contributed by atoms with E-state index in [2.05, 4.69) is 37.5 Å². The van der Waals surface area contributed by atoms with E-state index in [1.807, 2.05) is 0 Å². The largest absolute Gasteiger partial charge is 0.487 e. The highest BCUT2D eigenvalue weighted by atomic mass is 16.5. The Balaban J connectivity index is 1.97. The van der Waals surface area contributed by atoms with E-state index in [4.69, 9.17) is 4.74 Å². The van der Waals surface area contributed by atoms with Crippen molar-refractivity contribution in [3.05, 3.63) is 29.3 Å². The van der Waals surface area contributed by atoms with Gasteiger partial charge in [0, 0.05) is 18.0 Å². The first-order valence-electron chi connectivity index (χ1n) is 7.19. The maximum atomic E-state index is 6.43. The second kappa shape index (κ2) is 4.58. The molecule has 2 heteroatoms. The van der Waals surface area contributed by atoms with Crippen LogP contribution in [0.4, 0.5) is 0 Å². The van der Waals surface area contributed by atoms with Crippen molar-refractivity contribution >= 4 is 0 Å². The summed E-state index contributed by atoms with van der Waals surface area (Å²) < 4.78 is 6.43. The maximum Gasteiger partial charge on any atom is 0.125 e. The summed E-state index contributed by atoms with van der Waals surface area (Å²) in [5, 5.41) is 3.47. The molecule has 1 aliphatic heterocycles. The van der Waals surface area contributed by atoms with E-state index >= 15 is 0 Å². The van der Waals surface area contributed by atoms with Crippen LogP contribution in [0.3, 0.4) is 0 Å². The molecule has 1 aromatic rings. The second-order valence-electron chi connectivity index (χ2n) is 5.93. The topological polar surface area (TPSA) is 21.3 Å². The van der Waals surface area contributed by atoms with Crippen LogP contribution in [-0.4, -0.2) is 12.6 Å². The first-order chi connectivity index (χ1) is 8.72. The fourth-order valence-electron chi connectivity index (χ4n) is 3.53. The molecule has 3 rings (SSSR count). The van der Waals surface area contributed by atoms with Gasteiger partial charge in [-0.25, -0.2) is 0 Å². The lowest BCUT2D eigenvalue weighted by molar-refractivity contribution is -0.00179. The Labute approximate surface area is 110 Å². The van der Waals surface area contributed by atoms with Crippen LogP contribution in [0.2, 0.25) is 0 Å². The highest BCUT2D eigenvalue weighted by Gasteiger charge is 2.41. The lowest BCUT2D eigenvalue weighted by Crippen LogP contribution is -2.45. The van der Waals surface area contributed by atoms with Crippen LogP contribution >= 0.6 is 0 Å². The summed E-state index contributed by atoms with van der Waals surface area (Å²) in [7, 11) is 2.07. The van der Waals surface area contributed by atoms with Crippen molar-refractivity contribution < 1.29 is 4.74 Å². The van der Waals surface area contributed by atoms with E-state index in [0.29, 0.717) is 6.04 Å². The number of fused-ring (bicyclic) bond motifs is 1. The van der Waals surface area contributed by atoms with Gasteiger partial charge in [-0.1, -0.05) is 18.6 Å². The van der Waals surface area contributed by atoms with Gasteiger partial charge in [-0.05, 0) is 51.3 Å². The van der Waals surface area contributed by atoms with Crippen LogP contribution in [0.15, 0.2) is 18.2 Å². The molecule has 18 heavy (non-hydrogen) atoms. The first-order valence-corrected chi connectivity index (χ1v) is 7.19. The molecule has 1 fully saturated rings. The van der Waals surface area contributed by atoms with Gasteiger partial charge < -0.3 is 10.1 Å². The van der Waals surface area contributed by atoms with E-state index in [1.165, 1.54) is 43.2 Å². The number of aryl methyl sites for hydroxylation is 1. The van der Waals surface area contributed by atoms with Crippen LogP contribution in [0.25, 0.3) is 0 Å². The summed E-state index contributed by atoms with van der Waals surface area (Å²) in [6, 6.07) is 7.06. The molecule has 1 spiro atoms. The normalized spacial score (nSPS) is 25.6. The van der Waals surface area contributed by atoms with Gasteiger partial charge in [0.2, 0.25) is 0 Å². The van der Waals surface area contributed by atoms with Crippen LogP contribution in [0.5, 0.6) is 5.75 Å². The monoisotopic (exact) mass is 245 g/mol. The van der Waals surface area contributed by atoms with Crippen molar-refractivity contribution in [2.75, 3.05) is 7.05 Å². The Kier molecular flexibility index (Phi) is 3.06. The Bertz CT molecular complexity index is 435. The van der Waals surface area contributed by atoms with Gasteiger partial charge >= 0.3 is 0 Å². The van der Waals surface area contributed by atoms with Crippen molar-refractivity contribution in [3.63, 3.8) is 0 Å². The average Bonchev–Trinajstić information content (AvgIpc) is 2.38. The summed E-state index contributed by atoms with van der Waals surface area (Å²) in [5.74, 6) is 1.11. The third-order valence-corrected chi connectivity index (χ3v) is 4.56. The Morgan fingerprint density at radius 3 is 2.72 bits per heavy atom. The van der Waals surface area contributed by atoms with Crippen molar-refractivity contribution in [2.45, 2.75) is 57.1 Å². The maximum absolute atomic E-state index is 6.43. The van der Waals surface area contributed by atoms with E-state index in [1.54, 1.807) is 0 Å². The van der Waals surface area contributed by atoms with Crippen LogP contribution in [-0.2, 0) is 0 Å². The van der Waals surface area contributed by atoms with Crippen LogP contribution in [0.1, 0.15) is 55.7 Å². The average molecular weight is 245 g/mol. The molecule has 1 heterocycles. The van der Waals surface area contributed by atoms with Gasteiger partial charge in [0.05, 0.1) is 0 Å². The predicted octanol–water partition coefficient (Wildman–Crippen LogP) is 3.74. The zero-order valence-corrected chi connectivity index (χ0v) is 11.5. The minimum absolute atomic E-state index is 0.104. The van der Waals surface area contributed by atoms with Crippen molar-refractivity contribution in [2.24, 2.45) is 0 Å². The molecule has 0 radical (unpaired) electrons. The number of rotatable bonds is 1. The minimum Gasteiger partial charge on any atom is -0.487 e. The molecule has 1 saturated carbocycles. The minimum atomic E-state index is 0.104. The molecule has 1 aromatic carbocycles. The molecule has 98 valence electrons. The fourth-order valence-corrected chi connectivity index (χ4v) is 3.53. The number of hydrogen-bond donors (Lipinski definition) is 1. The third kappa shape index (κ3) is 2.03. The number of benzene rings is 1. The molecular formula is C16H23NO. The molecule has 1 N–H and O–H groups in total. The number of hydrogen-bond acceptors (Lipinski definition) is 2. The molecule has 0 bridgehead atoms. The molecule has 0 saturated heterocycles. The van der Waals surface area contributed by atoms with E-state index in [9.17, 15) is 0 Å². The molecular weight excluding hydrogens is 222 g/mol. The van der Waals surface area contributed by atoms with E-state index < -0.39 is 0 Å². The highest BCUT2D eigenvalue weighted by Crippen LogP contribution is 2.46. The first kappa shape index (κ1) is 12.0. The molecule has 2 aliphatic rings. The summed E-state index contributed by atoms with van der Waals surface area (Å²) >= 11 is 0. The molecule has 2 nitrogen and oxygen atoms in total. The molecule has 0 amide bonds. The smallest absolute Gasteiger partial charge is 0.125 e. The third-order valence-electron chi connectivity index (χ3n) is 4.56. The van der Waals surface area contributed by atoms with Gasteiger partial charge in [-0.3, -0.25) is 0 Å². The Morgan fingerprint density at radius 2 is 2.00 bits per heavy atom. The quantitative estimate of drug-likeness (QED) is 0.813. The van der Waals surface area contributed by atoms with Gasteiger partial charge in [-0.15, -0.1) is 0 Å². The van der Waals surface area contributed by atoms with Crippen molar-refractivity contribution in [3.8, 4) is 5.75 Å². The summed E-state index contributed by atoms with van der Waals surface area (Å²) in [6.45, 7) is 2.14. The van der Waals surface area contributed by atoms with E-state index in [-0.39, 0.29) is 5.60 Å². The van der Waals surface area contributed by atoms with Crippen LogP contribution < -0.4 is 10.1 Å². The second-order valence-corrected chi connectivity index (χ2v) is 5.93. The SMILES string of the molecule is CNC1CC2(CCCCC2)Oc2cc(C)ccc21. The Morgan fingerprint density at radius 1 is 1.22 bits per heavy atom. The molecule has 1 atom stereocenters. The zero-order valence-electron chi connectivity index (χ0n) is 11.5. The lowest BCUT2D eigenvalue weighted by atomic mass is 9.77. The predicted molar refractivity (Wildman–Crippen MR) is 74.0 cm³/mol. The lowest BCUT2D eigenvalue weighted by Gasteiger charge is -2.44. The van der Waals surface area contributed by atoms with Crippen molar-refractivity contribution in [1.82, 2.24) is 5.32 Å². The number of nitrogens with one attached hydrogen (secondary N) is 1. The summed E-state index contributed by atoms with van der Waals surface area (Å²) in [5.41, 5.74) is 2.72. The zero-order chi connectivity index (χ0) is 12.6. The fraction of sp³-hybridized carbons (Fsp3) is 0.625. The van der Waals surface area contributed by atoms with Crippen molar-refractivity contribution in [1.29, 1.82) is 0 Å². The molecule has 1 unspecified atom stereocenters. The van der Waals surface area contributed by atoms with Gasteiger partial charge in [0.1, 0.15) is 11.4 Å².